The summed E-state index contributed by atoms with van der Waals surface area (Å²) in [5.74, 6) is 0. The molecule has 0 aliphatic heterocycles. The van der Waals surface area contributed by atoms with Crippen molar-refractivity contribution in [3.63, 3.8) is 0 Å². The van der Waals surface area contributed by atoms with E-state index in [0.717, 1.165) is 46.3 Å². The molecule has 2 N–H and O–H groups in total. The third-order valence-electron chi connectivity index (χ3n) is 6.15. The van der Waals surface area contributed by atoms with Crippen LogP contribution in [0, 0.1) is 6.92 Å². The highest BCUT2D eigenvalue weighted by Crippen LogP contribution is 2.25. The molecular formula is C27H30N4O3. The van der Waals surface area contributed by atoms with Crippen molar-refractivity contribution in [3.05, 3.63) is 81.8 Å². The third-order valence-corrected chi connectivity index (χ3v) is 6.15. The molecule has 4 rings (SSSR count). The number of carbonyl (C=O) groups is 1. The van der Waals surface area contributed by atoms with Crippen molar-refractivity contribution in [2.24, 2.45) is 0 Å². The number of urea groups is 1. The van der Waals surface area contributed by atoms with Gasteiger partial charge in [0.15, 0.2) is 0 Å². The molecule has 0 radical (unpaired) electrons. The Labute approximate surface area is 198 Å². The first-order chi connectivity index (χ1) is 16.5. The maximum atomic E-state index is 12.7. The number of fused-ring (bicyclic) bond motifs is 2. The van der Waals surface area contributed by atoms with Crippen LogP contribution >= 0.6 is 0 Å². The molecule has 7 nitrogen and oxygen atoms in total. The average molecular weight is 459 g/mol. The number of para-hydroxylation sites is 1. The van der Waals surface area contributed by atoms with Crippen LogP contribution in [0.4, 0.5) is 10.5 Å². The number of hydrogen-bond acceptors (Lipinski definition) is 5. The van der Waals surface area contributed by atoms with Gasteiger partial charge < -0.3 is 20.0 Å². The molecule has 0 unspecified atom stereocenters. The minimum Gasteiger partial charge on any atom is -0.422 e. The zero-order chi connectivity index (χ0) is 24.1. The summed E-state index contributed by atoms with van der Waals surface area (Å²) in [7, 11) is 0. The number of aromatic nitrogens is 1. The van der Waals surface area contributed by atoms with Crippen LogP contribution in [0.5, 0.6) is 0 Å². The largest absolute Gasteiger partial charge is 0.422 e. The van der Waals surface area contributed by atoms with Crippen LogP contribution in [0.15, 0.2) is 63.8 Å². The van der Waals surface area contributed by atoms with Gasteiger partial charge in [-0.05, 0) is 57.0 Å². The zero-order valence-corrected chi connectivity index (χ0v) is 19.9. The van der Waals surface area contributed by atoms with Gasteiger partial charge in [0.25, 0.3) is 0 Å². The average Bonchev–Trinajstić information content (AvgIpc) is 2.85. The Morgan fingerprint density at radius 2 is 1.82 bits per heavy atom. The molecule has 7 heteroatoms. The van der Waals surface area contributed by atoms with E-state index in [0.29, 0.717) is 30.7 Å². The van der Waals surface area contributed by atoms with Crippen molar-refractivity contribution in [3.8, 4) is 0 Å². The zero-order valence-electron chi connectivity index (χ0n) is 19.9. The molecule has 0 saturated carbocycles. The Kier molecular flexibility index (Phi) is 7.11. The van der Waals surface area contributed by atoms with E-state index < -0.39 is 0 Å². The molecule has 0 fully saturated rings. The first-order valence-electron chi connectivity index (χ1n) is 11.7. The summed E-state index contributed by atoms with van der Waals surface area (Å²) in [5, 5.41) is 7.61. The van der Waals surface area contributed by atoms with Crippen molar-refractivity contribution in [2.75, 3.05) is 24.5 Å². The second-order valence-corrected chi connectivity index (χ2v) is 8.20. The highest BCUT2D eigenvalue weighted by molar-refractivity contribution is 5.84. The highest BCUT2D eigenvalue weighted by Gasteiger charge is 2.13. The molecule has 2 heterocycles. The number of rotatable bonds is 8. The molecule has 4 aromatic rings. The molecule has 0 aliphatic rings. The predicted molar refractivity (Wildman–Crippen MR) is 136 cm³/mol. The van der Waals surface area contributed by atoms with E-state index >= 15 is 0 Å². The minimum atomic E-state index is -0.357. The molecule has 0 bridgehead atoms. The lowest BCUT2D eigenvalue weighted by molar-refractivity contribution is 0.240. The van der Waals surface area contributed by atoms with E-state index in [4.69, 9.17) is 4.42 Å². The molecule has 0 aliphatic carbocycles. The second-order valence-electron chi connectivity index (χ2n) is 8.20. The van der Waals surface area contributed by atoms with Gasteiger partial charge in [0.2, 0.25) is 0 Å². The summed E-state index contributed by atoms with van der Waals surface area (Å²) < 4.78 is 5.63. The monoisotopic (exact) mass is 458 g/mol. The predicted octanol–water partition coefficient (Wildman–Crippen LogP) is 4.54. The molecule has 2 amide bonds. The van der Waals surface area contributed by atoms with Crippen LogP contribution in [-0.4, -0.2) is 30.6 Å². The standard InChI is InChI=1S/C27H30N4O3/c1-4-31(5-2)21-12-13-22-18(3)23(26(32)34-25(22)16-21)14-15-28-27(33)29-17-20-11-10-19-8-6-7-9-24(19)30-20/h6-13,16H,4-5,14-15,17H2,1-3H3,(H2,28,29,33). The number of hydrogen-bond donors (Lipinski definition) is 2. The van der Waals surface area contributed by atoms with Gasteiger partial charge in [0.05, 0.1) is 17.8 Å². The number of nitrogens with zero attached hydrogens (tertiary/aromatic N) is 2. The molecule has 0 atom stereocenters. The topological polar surface area (TPSA) is 87.5 Å². The van der Waals surface area contributed by atoms with E-state index in [-0.39, 0.29) is 11.7 Å². The number of benzene rings is 2. The fraction of sp³-hybridized carbons (Fsp3) is 0.296. The Hall–Kier alpha value is -3.87. The van der Waals surface area contributed by atoms with Gasteiger partial charge >= 0.3 is 11.7 Å². The molecule has 34 heavy (non-hydrogen) atoms. The van der Waals surface area contributed by atoms with Crippen LogP contribution in [0.25, 0.3) is 21.9 Å². The van der Waals surface area contributed by atoms with Crippen LogP contribution in [-0.2, 0) is 13.0 Å². The van der Waals surface area contributed by atoms with Gasteiger partial charge in [-0.3, -0.25) is 4.98 Å². The summed E-state index contributed by atoms with van der Waals surface area (Å²) in [6.07, 6.45) is 0.392. The van der Waals surface area contributed by atoms with Crippen molar-refractivity contribution in [1.29, 1.82) is 0 Å². The first kappa shape index (κ1) is 23.3. The fourth-order valence-electron chi connectivity index (χ4n) is 4.20. The summed E-state index contributed by atoms with van der Waals surface area (Å²) in [6, 6.07) is 17.4. The van der Waals surface area contributed by atoms with Gasteiger partial charge in [-0.25, -0.2) is 9.59 Å². The molecule has 2 aromatic carbocycles. The molecule has 0 saturated heterocycles. The van der Waals surface area contributed by atoms with Crippen molar-refractivity contribution >= 4 is 33.6 Å². The van der Waals surface area contributed by atoms with E-state index in [1.807, 2.05) is 55.5 Å². The molecular weight excluding hydrogens is 428 g/mol. The lowest BCUT2D eigenvalue weighted by atomic mass is 10.0. The smallest absolute Gasteiger partial charge is 0.339 e. The van der Waals surface area contributed by atoms with Gasteiger partial charge in [0.1, 0.15) is 5.58 Å². The van der Waals surface area contributed by atoms with Crippen molar-refractivity contribution in [1.82, 2.24) is 15.6 Å². The lowest BCUT2D eigenvalue weighted by Crippen LogP contribution is -2.36. The van der Waals surface area contributed by atoms with E-state index in [1.54, 1.807) is 0 Å². The third kappa shape index (κ3) is 5.03. The van der Waals surface area contributed by atoms with Gasteiger partial charge in [0, 0.05) is 47.7 Å². The number of amides is 2. The summed E-state index contributed by atoms with van der Waals surface area (Å²) in [4.78, 5) is 31.7. The number of anilines is 1. The minimum absolute atomic E-state index is 0.304. The van der Waals surface area contributed by atoms with Gasteiger partial charge in [-0.1, -0.05) is 24.3 Å². The number of carbonyl (C=O) groups excluding carboxylic acids is 1. The fourth-order valence-corrected chi connectivity index (χ4v) is 4.20. The number of nitrogens with one attached hydrogen (secondary N) is 2. The van der Waals surface area contributed by atoms with Crippen LogP contribution in [0.2, 0.25) is 0 Å². The summed E-state index contributed by atoms with van der Waals surface area (Å²) >= 11 is 0. The lowest BCUT2D eigenvalue weighted by Gasteiger charge is -2.21. The quantitative estimate of drug-likeness (QED) is 0.379. The Balaban J connectivity index is 1.37. The van der Waals surface area contributed by atoms with E-state index in [9.17, 15) is 9.59 Å². The van der Waals surface area contributed by atoms with Crippen molar-refractivity contribution < 1.29 is 9.21 Å². The Morgan fingerprint density at radius 1 is 1.03 bits per heavy atom. The molecule has 176 valence electrons. The number of aryl methyl sites for hydroxylation is 1. The summed E-state index contributed by atoms with van der Waals surface area (Å²) in [6.45, 7) is 8.53. The van der Waals surface area contributed by atoms with Crippen molar-refractivity contribution in [2.45, 2.75) is 33.7 Å². The summed E-state index contributed by atoms with van der Waals surface area (Å²) in [5.41, 5.74) is 4.41. The maximum absolute atomic E-state index is 12.7. The highest BCUT2D eigenvalue weighted by atomic mass is 16.4. The molecule has 0 spiro atoms. The number of pyridine rings is 1. The Morgan fingerprint density at radius 3 is 2.62 bits per heavy atom. The van der Waals surface area contributed by atoms with Crippen LogP contribution in [0.3, 0.4) is 0 Å². The maximum Gasteiger partial charge on any atom is 0.339 e. The first-order valence-corrected chi connectivity index (χ1v) is 11.7. The molecule has 2 aromatic heterocycles. The normalized spacial score (nSPS) is 11.0. The van der Waals surface area contributed by atoms with E-state index in [1.165, 1.54) is 0 Å². The van der Waals surface area contributed by atoms with Crippen LogP contribution in [0.1, 0.15) is 30.7 Å². The van der Waals surface area contributed by atoms with Gasteiger partial charge in [-0.2, -0.15) is 0 Å². The Bertz CT molecular complexity index is 1380. The SMILES string of the molecule is CCN(CC)c1ccc2c(C)c(CCNC(=O)NCc3ccc4ccccc4n3)c(=O)oc2c1. The van der Waals surface area contributed by atoms with Gasteiger partial charge in [-0.15, -0.1) is 0 Å². The van der Waals surface area contributed by atoms with Crippen LogP contribution < -0.4 is 21.2 Å². The second kappa shape index (κ2) is 10.4. The van der Waals surface area contributed by atoms with E-state index in [2.05, 4.69) is 40.4 Å².